The molecule has 1 fully saturated rings. The van der Waals surface area contributed by atoms with Gasteiger partial charge in [-0.15, -0.1) is 12.4 Å². The number of hydrogen-bond acceptors (Lipinski definition) is 2. The molecule has 0 bridgehead atoms. The molecule has 1 aliphatic rings. The number of halogens is 1. The Morgan fingerprint density at radius 3 is 1.71 bits per heavy atom. The largest absolute Gasteiger partial charge is 0.228 e. The molecule has 2 nitrogen and oxygen atoms in total. The first-order valence-corrected chi connectivity index (χ1v) is 3.56. The summed E-state index contributed by atoms with van der Waals surface area (Å²) in [7, 11) is -2.50. The topological polar surface area (TPSA) is 34.1 Å². The second-order valence-electron chi connectivity index (χ2n) is 1.64. The molecule has 1 saturated heterocycles. The Bertz CT molecular complexity index is 148. The van der Waals surface area contributed by atoms with Crippen LogP contribution in [-0.4, -0.2) is 19.4 Å². The highest BCUT2D eigenvalue weighted by molar-refractivity contribution is 7.99. The van der Waals surface area contributed by atoms with Crippen LogP contribution >= 0.6 is 12.4 Å². The fourth-order valence-corrected chi connectivity index (χ4v) is 1.20. The zero-order valence-corrected chi connectivity index (χ0v) is 5.55. The van der Waals surface area contributed by atoms with E-state index < -0.39 is 9.84 Å². The van der Waals surface area contributed by atoms with Gasteiger partial charge in [-0.05, 0) is 6.92 Å². The van der Waals surface area contributed by atoms with E-state index in [1.54, 1.807) is 6.92 Å². The van der Waals surface area contributed by atoms with Gasteiger partial charge >= 0.3 is 0 Å². The van der Waals surface area contributed by atoms with E-state index >= 15 is 0 Å². The monoisotopic (exact) mass is 142 g/mol. The molecule has 0 spiro atoms. The number of sulfone groups is 1. The van der Waals surface area contributed by atoms with Crippen molar-refractivity contribution in [2.75, 3.05) is 5.75 Å². The summed E-state index contributed by atoms with van der Waals surface area (Å²) in [6.45, 7) is 1.72. The van der Waals surface area contributed by atoms with Gasteiger partial charge in [-0.1, -0.05) is 0 Å². The lowest BCUT2D eigenvalue weighted by Gasteiger charge is -1.58. The molecule has 0 aromatic carbocycles. The van der Waals surface area contributed by atoms with Crippen LogP contribution in [0.2, 0.25) is 0 Å². The maximum absolute atomic E-state index is 10.1. The van der Waals surface area contributed by atoms with Gasteiger partial charge < -0.3 is 0 Å². The van der Waals surface area contributed by atoms with E-state index in [-0.39, 0.29) is 17.7 Å². The maximum Gasteiger partial charge on any atom is 0.155 e. The van der Waals surface area contributed by atoms with Gasteiger partial charge in [0.05, 0.1) is 11.0 Å². The average Bonchev–Trinajstić information content (AvgIpc) is 1.73. The first-order chi connectivity index (χ1) is 2.63. The number of hydrogen-bond donors (Lipinski definition) is 0. The lowest BCUT2D eigenvalue weighted by Crippen LogP contribution is -1.73. The second kappa shape index (κ2) is 1.63. The molecule has 0 aromatic rings. The molecule has 1 rings (SSSR count). The van der Waals surface area contributed by atoms with E-state index in [4.69, 9.17) is 0 Å². The lowest BCUT2D eigenvalue weighted by molar-refractivity contribution is 0.613. The summed E-state index contributed by atoms with van der Waals surface area (Å²) in [5, 5.41) is -0.0301. The van der Waals surface area contributed by atoms with Crippen LogP contribution in [0.4, 0.5) is 0 Å². The molecule has 1 heterocycles. The third-order valence-electron chi connectivity index (χ3n) is 0.965. The Labute approximate surface area is 49.2 Å². The van der Waals surface area contributed by atoms with Gasteiger partial charge in [0.1, 0.15) is 0 Å². The van der Waals surface area contributed by atoms with Crippen molar-refractivity contribution in [2.24, 2.45) is 0 Å². The fourth-order valence-electron chi connectivity index (χ4n) is 0.288. The molecule has 1 atom stereocenters. The van der Waals surface area contributed by atoms with Crippen LogP contribution in [0.25, 0.3) is 0 Å². The van der Waals surface area contributed by atoms with Crippen LogP contribution in [0.1, 0.15) is 6.92 Å². The quantitative estimate of drug-likeness (QED) is 0.454. The molecule has 0 aromatic heterocycles. The van der Waals surface area contributed by atoms with Gasteiger partial charge in [0, 0.05) is 0 Å². The summed E-state index contributed by atoms with van der Waals surface area (Å²) in [6.07, 6.45) is 0. The summed E-state index contributed by atoms with van der Waals surface area (Å²) < 4.78 is 20.1. The first-order valence-electron chi connectivity index (χ1n) is 1.84. The molecule has 0 amide bonds. The molecule has 0 N–H and O–H groups in total. The van der Waals surface area contributed by atoms with Crippen molar-refractivity contribution >= 4 is 22.2 Å². The van der Waals surface area contributed by atoms with Crippen molar-refractivity contribution in [1.82, 2.24) is 0 Å². The zero-order chi connectivity index (χ0) is 4.78. The smallest absolute Gasteiger partial charge is 0.155 e. The number of rotatable bonds is 0. The van der Waals surface area contributed by atoms with Crippen LogP contribution in [-0.2, 0) is 9.84 Å². The van der Waals surface area contributed by atoms with Gasteiger partial charge in [-0.2, -0.15) is 0 Å². The zero-order valence-electron chi connectivity index (χ0n) is 3.92. The highest BCUT2D eigenvalue weighted by Gasteiger charge is 2.38. The molecule has 0 radical (unpaired) electrons. The first kappa shape index (κ1) is 7.24. The Morgan fingerprint density at radius 1 is 1.57 bits per heavy atom. The molecule has 4 heteroatoms. The molecule has 44 valence electrons. The van der Waals surface area contributed by atoms with Crippen LogP contribution in [0.15, 0.2) is 0 Å². The van der Waals surface area contributed by atoms with Crippen LogP contribution in [0.3, 0.4) is 0 Å². The fraction of sp³-hybridized carbons (Fsp3) is 1.00. The Balaban J connectivity index is 0.000000360. The molecule has 0 saturated carbocycles. The van der Waals surface area contributed by atoms with Crippen LogP contribution in [0, 0.1) is 0 Å². The third kappa shape index (κ3) is 1.31. The highest BCUT2D eigenvalue weighted by Crippen LogP contribution is 2.18. The predicted octanol–water partition coefficient (Wildman–Crippen LogP) is 0.225. The van der Waals surface area contributed by atoms with E-state index in [9.17, 15) is 8.42 Å². The third-order valence-corrected chi connectivity index (χ3v) is 2.89. The SMILES string of the molecule is CC1CS1(=O)=O.Cl. The summed E-state index contributed by atoms with van der Waals surface area (Å²) in [4.78, 5) is 0. The van der Waals surface area contributed by atoms with Gasteiger partial charge in [0.25, 0.3) is 0 Å². The van der Waals surface area contributed by atoms with Crippen molar-refractivity contribution in [3.63, 3.8) is 0 Å². The van der Waals surface area contributed by atoms with Crippen molar-refractivity contribution < 1.29 is 8.42 Å². The maximum atomic E-state index is 10.1. The molecule has 0 aliphatic carbocycles. The van der Waals surface area contributed by atoms with E-state index in [1.807, 2.05) is 0 Å². The van der Waals surface area contributed by atoms with E-state index in [0.717, 1.165) is 0 Å². The predicted molar refractivity (Wildman–Crippen MR) is 30.5 cm³/mol. The summed E-state index contributed by atoms with van der Waals surface area (Å²) >= 11 is 0. The Morgan fingerprint density at radius 2 is 1.71 bits per heavy atom. The highest BCUT2D eigenvalue weighted by atomic mass is 35.5. The van der Waals surface area contributed by atoms with Crippen LogP contribution < -0.4 is 0 Å². The summed E-state index contributed by atoms with van der Waals surface area (Å²) in [5.74, 6) is 0.410. The van der Waals surface area contributed by atoms with Crippen molar-refractivity contribution in [3.8, 4) is 0 Å². The minimum absolute atomic E-state index is 0. The van der Waals surface area contributed by atoms with Crippen LogP contribution in [0.5, 0.6) is 0 Å². The normalized spacial score (nSPS) is 33.6. The van der Waals surface area contributed by atoms with Gasteiger partial charge in [-0.3, -0.25) is 0 Å². The standard InChI is InChI=1S/C3H6O2S.ClH/c1-3-2-6(3,4)5;/h3H,2H2,1H3;1H. The van der Waals surface area contributed by atoms with Crippen molar-refractivity contribution in [3.05, 3.63) is 0 Å². The molecule has 1 aliphatic heterocycles. The molecule has 1 unspecified atom stereocenters. The van der Waals surface area contributed by atoms with Crippen molar-refractivity contribution in [1.29, 1.82) is 0 Å². The van der Waals surface area contributed by atoms with Gasteiger partial charge in [0.15, 0.2) is 9.84 Å². The Hall–Kier alpha value is 0.240. The van der Waals surface area contributed by atoms with E-state index in [1.165, 1.54) is 0 Å². The van der Waals surface area contributed by atoms with E-state index in [2.05, 4.69) is 0 Å². The second-order valence-corrected chi connectivity index (χ2v) is 4.10. The average molecular weight is 143 g/mol. The molecular weight excluding hydrogens is 136 g/mol. The van der Waals surface area contributed by atoms with Gasteiger partial charge in [-0.25, -0.2) is 8.42 Å². The van der Waals surface area contributed by atoms with E-state index in [0.29, 0.717) is 5.75 Å². The molecule has 7 heavy (non-hydrogen) atoms. The lowest BCUT2D eigenvalue weighted by atomic mass is 10.6. The van der Waals surface area contributed by atoms with Gasteiger partial charge in [0.2, 0.25) is 0 Å². The Kier molecular flexibility index (Phi) is 1.69. The summed E-state index contributed by atoms with van der Waals surface area (Å²) in [5.41, 5.74) is 0. The van der Waals surface area contributed by atoms with Crippen molar-refractivity contribution in [2.45, 2.75) is 12.2 Å². The summed E-state index contributed by atoms with van der Waals surface area (Å²) in [6, 6.07) is 0. The minimum Gasteiger partial charge on any atom is -0.228 e. The minimum atomic E-state index is -2.50. The molecular formula is C3H7ClO2S.